The smallest absolute Gasteiger partial charge is 0.250 e. The molecule has 2 aromatic carbocycles. The van der Waals surface area contributed by atoms with Crippen LogP contribution in [0.1, 0.15) is 11.1 Å². The lowest BCUT2D eigenvalue weighted by atomic mass is 10.2. The highest BCUT2D eigenvalue weighted by molar-refractivity contribution is 8.00. The monoisotopic (exact) mass is 318 g/mol. The molecule has 0 aliphatic rings. The minimum Gasteiger partial charge on any atom is -0.272 e. The summed E-state index contributed by atoms with van der Waals surface area (Å²) in [7, 11) is 0. The first-order valence-electron chi connectivity index (χ1n) is 6.41. The molecular formula is C16H15ClN2OS. The highest BCUT2D eigenvalue weighted by atomic mass is 35.5. The molecule has 5 heteroatoms. The predicted molar refractivity (Wildman–Crippen MR) is 89.1 cm³/mol. The molecule has 0 unspecified atom stereocenters. The van der Waals surface area contributed by atoms with E-state index in [0.29, 0.717) is 10.8 Å². The number of rotatable bonds is 5. The van der Waals surface area contributed by atoms with Crippen LogP contribution in [0.4, 0.5) is 0 Å². The Morgan fingerprint density at radius 2 is 1.95 bits per heavy atom. The van der Waals surface area contributed by atoms with Crippen LogP contribution in [0.15, 0.2) is 58.5 Å². The minimum absolute atomic E-state index is 0.147. The van der Waals surface area contributed by atoms with Crippen LogP contribution in [0.2, 0.25) is 5.02 Å². The Balaban J connectivity index is 1.83. The molecule has 0 saturated carbocycles. The summed E-state index contributed by atoms with van der Waals surface area (Å²) >= 11 is 7.48. The van der Waals surface area contributed by atoms with Crippen molar-refractivity contribution in [3.63, 3.8) is 0 Å². The summed E-state index contributed by atoms with van der Waals surface area (Å²) in [5.74, 6) is 0.177. The molecule has 0 heterocycles. The Labute approximate surface area is 133 Å². The second-order valence-electron chi connectivity index (χ2n) is 4.37. The number of thioether (sulfide) groups is 1. The van der Waals surface area contributed by atoms with Crippen molar-refractivity contribution in [2.24, 2.45) is 5.10 Å². The van der Waals surface area contributed by atoms with Gasteiger partial charge in [0.2, 0.25) is 5.91 Å². The number of carbonyl (C=O) groups excluding carboxylic acids is 1. The van der Waals surface area contributed by atoms with Crippen LogP contribution >= 0.6 is 23.4 Å². The van der Waals surface area contributed by atoms with E-state index < -0.39 is 0 Å². The molecule has 0 fully saturated rings. The van der Waals surface area contributed by atoms with Gasteiger partial charge in [-0.1, -0.05) is 48.0 Å². The molecule has 1 amide bonds. The lowest BCUT2D eigenvalue weighted by molar-refractivity contribution is -0.118. The quantitative estimate of drug-likeness (QED) is 0.516. The van der Waals surface area contributed by atoms with Crippen molar-refractivity contribution in [3.05, 3.63) is 64.7 Å². The Morgan fingerprint density at radius 1 is 1.24 bits per heavy atom. The zero-order valence-corrected chi connectivity index (χ0v) is 13.1. The third kappa shape index (κ3) is 4.92. The van der Waals surface area contributed by atoms with E-state index in [1.165, 1.54) is 11.8 Å². The van der Waals surface area contributed by atoms with Gasteiger partial charge >= 0.3 is 0 Å². The molecule has 0 spiro atoms. The molecule has 0 atom stereocenters. The van der Waals surface area contributed by atoms with E-state index in [1.807, 2.05) is 49.4 Å². The number of hydrogen-bond donors (Lipinski definition) is 1. The fourth-order valence-corrected chi connectivity index (χ4v) is 2.65. The first kappa shape index (κ1) is 15.6. The summed E-state index contributed by atoms with van der Waals surface area (Å²) in [6.45, 7) is 2.02. The van der Waals surface area contributed by atoms with Crippen molar-refractivity contribution in [2.45, 2.75) is 11.8 Å². The first-order chi connectivity index (χ1) is 10.2. The summed E-state index contributed by atoms with van der Waals surface area (Å²) in [5, 5.41) is 4.52. The molecule has 0 bridgehead atoms. The van der Waals surface area contributed by atoms with Gasteiger partial charge < -0.3 is 0 Å². The summed E-state index contributed by atoms with van der Waals surface area (Å²) in [5.41, 5.74) is 4.43. The number of benzene rings is 2. The molecule has 3 nitrogen and oxygen atoms in total. The predicted octanol–water partition coefficient (Wildman–Crippen LogP) is 3.89. The summed E-state index contributed by atoms with van der Waals surface area (Å²) in [4.78, 5) is 12.8. The zero-order valence-electron chi connectivity index (χ0n) is 11.5. The molecule has 0 radical (unpaired) electrons. The standard InChI is InChI=1S/C16H15ClN2OS/c1-12-6-2-5-9-15(12)21-11-16(20)19-18-10-13-7-3-4-8-14(13)17/h2-10H,11H2,1H3,(H,19,20). The minimum atomic E-state index is -0.147. The summed E-state index contributed by atoms with van der Waals surface area (Å²) in [6.07, 6.45) is 1.54. The third-order valence-corrected chi connectivity index (χ3v) is 4.27. The summed E-state index contributed by atoms with van der Waals surface area (Å²) < 4.78 is 0. The van der Waals surface area contributed by atoms with Gasteiger partial charge in [0.25, 0.3) is 0 Å². The average Bonchev–Trinajstić information content (AvgIpc) is 2.48. The maximum atomic E-state index is 11.7. The van der Waals surface area contributed by atoms with Gasteiger partial charge in [0.05, 0.1) is 12.0 Å². The van der Waals surface area contributed by atoms with E-state index in [9.17, 15) is 4.79 Å². The van der Waals surface area contributed by atoms with E-state index in [4.69, 9.17) is 11.6 Å². The SMILES string of the molecule is Cc1ccccc1SCC(=O)NN=Cc1ccccc1Cl. The third-order valence-electron chi connectivity index (χ3n) is 2.75. The van der Waals surface area contributed by atoms with Crippen molar-refractivity contribution >= 4 is 35.5 Å². The molecule has 1 N–H and O–H groups in total. The van der Waals surface area contributed by atoms with Crippen LogP contribution in [-0.2, 0) is 4.79 Å². The lowest BCUT2D eigenvalue weighted by Gasteiger charge is -2.04. The largest absolute Gasteiger partial charge is 0.272 e. The van der Waals surface area contributed by atoms with Gasteiger partial charge in [0.1, 0.15) is 0 Å². The fourth-order valence-electron chi connectivity index (χ4n) is 1.65. The Kier molecular flexibility index (Phi) is 5.84. The van der Waals surface area contributed by atoms with Crippen molar-refractivity contribution in [1.29, 1.82) is 0 Å². The van der Waals surface area contributed by atoms with E-state index in [-0.39, 0.29) is 5.91 Å². The number of carbonyl (C=O) groups is 1. The molecule has 108 valence electrons. The second kappa shape index (κ2) is 7.86. The van der Waals surface area contributed by atoms with Crippen molar-refractivity contribution in [1.82, 2.24) is 5.43 Å². The Hall–Kier alpha value is -1.78. The zero-order chi connectivity index (χ0) is 15.1. The van der Waals surface area contributed by atoms with Crippen molar-refractivity contribution in [3.8, 4) is 0 Å². The van der Waals surface area contributed by atoms with Gasteiger partial charge in [0.15, 0.2) is 0 Å². The number of hydrogen-bond acceptors (Lipinski definition) is 3. The van der Waals surface area contributed by atoms with Gasteiger partial charge in [-0.3, -0.25) is 4.79 Å². The number of aryl methyl sites for hydroxylation is 1. The number of halogens is 1. The maximum Gasteiger partial charge on any atom is 0.250 e. The second-order valence-corrected chi connectivity index (χ2v) is 5.79. The number of amides is 1. The Bertz CT molecular complexity index is 658. The van der Waals surface area contributed by atoms with E-state index >= 15 is 0 Å². The van der Waals surface area contributed by atoms with Crippen LogP contribution in [0.25, 0.3) is 0 Å². The van der Waals surface area contributed by atoms with Gasteiger partial charge in [0, 0.05) is 15.5 Å². The van der Waals surface area contributed by atoms with Crippen LogP contribution in [0.3, 0.4) is 0 Å². The molecule has 0 aromatic heterocycles. The van der Waals surface area contributed by atoms with E-state index in [2.05, 4.69) is 10.5 Å². The molecule has 2 aromatic rings. The average molecular weight is 319 g/mol. The van der Waals surface area contributed by atoms with Gasteiger partial charge in [-0.2, -0.15) is 5.10 Å². The first-order valence-corrected chi connectivity index (χ1v) is 7.78. The van der Waals surface area contributed by atoms with Gasteiger partial charge in [-0.25, -0.2) is 5.43 Å². The number of nitrogens with zero attached hydrogens (tertiary/aromatic N) is 1. The van der Waals surface area contributed by atoms with Crippen molar-refractivity contribution in [2.75, 3.05) is 5.75 Å². The van der Waals surface area contributed by atoms with Crippen LogP contribution in [-0.4, -0.2) is 17.9 Å². The van der Waals surface area contributed by atoms with E-state index in [1.54, 1.807) is 12.3 Å². The molecule has 2 rings (SSSR count). The Morgan fingerprint density at radius 3 is 2.71 bits per heavy atom. The molecule has 0 aliphatic carbocycles. The number of hydrazone groups is 1. The number of nitrogens with one attached hydrogen (secondary N) is 1. The van der Waals surface area contributed by atoms with Crippen molar-refractivity contribution < 1.29 is 4.79 Å². The van der Waals surface area contributed by atoms with E-state index in [0.717, 1.165) is 16.0 Å². The highest BCUT2D eigenvalue weighted by Gasteiger charge is 2.03. The van der Waals surface area contributed by atoms with Gasteiger partial charge in [-0.15, -0.1) is 11.8 Å². The van der Waals surface area contributed by atoms with Crippen LogP contribution < -0.4 is 5.43 Å². The molecule has 21 heavy (non-hydrogen) atoms. The van der Waals surface area contributed by atoms with Gasteiger partial charge in [-0.05, 0) is 24.6 Å². The maximum absolute atomic E-state index is 11.7. The molecular weight excluding hydrogens is 304 g/mol. The molecule has 0 aliphatic heterocycles. The fraction of sp³-hybridized carbons (Fsp3) is 0.125. The molecule has 0 saturated heterocycles. The van der Waals surface area contributed by atoms with Crippen LogP contribution in [0.5, 0.6) is 0 Å². The topological polar surface area (TPSA) is 41.5 Å². The summed E-state index contributed by atoms with van der Waals surface area (Å²) in [6, 6.07) is 15.3. The normalized spacial score (nSPS) is 10.8. The highest BCUT2D eigenvalue weighted by Crippen LogP contribution is 2.21. The van der Waals surface area contributed by atoms with Crippen LogP contribution in [0, 0.1) is 6.92 Å². The lowest BCUT2D eigenvalue weighted by Crippen LogP contribution is -2.19.